The Kier molecular flexibility index (Phi) is 11.8. The molecule has 11 heteroatoms. The van der Waals surface area contributed by atoms with E-state index in [-0.39, 0.29) is 18.2 Å². The highest BCUT2D eigenvalue weighted by Crippen LogP contribution is 2.36. The summed E-state index contributed by atoms with van der Waals surface area (Å²) in [5.41, 5.74) is 1.68. The molecular formula is C34H47IN6O4. The molecule has 0 unspecified atom stereocenters. The fourth-order valence-corrected chi connectivity index (χ4v) is 6.42. The minimum Gasteiger partial charge on any atom is -0.491 e. The number of aromatic nitrogens is 2. The van der Waals surface area contributed by atoms with Crippen LogP contribution in [-0.2, 0) is 0 Å². The molecule has 1 aromatic heterocycles. The molecule has 5 rings (SSSR count). The van der Waals surface area contributed by atoms with Crippen molar-refractivity contribution >= 4 is 51.0 Å². The average molecular weight is 731 g/mol. The first-order valence-corrected chi connectivity index (χ1v) is 17.8. The molecule has 2 aromatic carbocycles. The van der Waals surface area contributed by atoms with E-state index in [2.05, 4.69) is 42.4 Å². The monoisotopic (exact) mass is 730 g/mol. The molecule has 2 saturated heterocycles. The number of fused-ring (bicyclic) bond motifs is 1. The number of benzene rings is 2. The maximum Gasteiger partial charge on any atom is 0.324 e. The van der Waals surface area contributed by atoms with E-state index in [4.69, 9.17) is 14.2 Å². The van der Waals surface area contributed by atoms with Crippen molar-refractivity contribution in [2.45, 2.75) is 65.5 Å². The lowest BCUT2D eigenvalue weighted by Gasteiger charge is -2.39. The van der Waals surface area contributed by atoms with Crippen LogP contribution in [0.4, 0.5) is 16.3 Å². The molecule has 45 heavy (non-hydrogen) atoms. The Balaban J connectivity index is 1.24. The predicted octanol–water partition coefficient (Wildman–Crippen LogP) is 6.60. The molecule has 2 aliphatic heterocycles. The molecule has 0 bridgehead atoms. The van der Waals surface area contributed by atoms with Gasteiger partial charge >= 0.3 is 6.03 Å². The first kappa shape index (κ1) is 33.3. The van der Waals surface area contributed by atoms with Gasteiger partial charge in [0.2, 0.25) is 0 Å². The first-order valence-electron chi connectivity index (χ1n) is 16.3. The Morgan fingerprint density at radius 2 is 1.62 bits per heavy atom. The SMILES string of the molecule is CC(C)Oc1ccc(N(C(=O)N2CCN(c3ncnc4cc(OCCCN5CCCCC5)c(OCI)cc34)CC2)C(C)C)cc1. The van der Waals surface area contributed by atoms with Gasteiger partial charge in [0, 0.05) is 55.9 Å². The van der Waals surface area contributed by atoms with Crippen molar-refractivity contribution in [2.75, 3.05) is 66.8 Å². The smallest absolute Gasteiger partial charge is 0.324 e. The third-order valence-electron chi connectivity index (χ3n) is 8.27. The summed E-state index contributed by atoms with van der Waals surface area (Å²) < 4.78 is 18.5. The minimum absolute atomic E-state index is 0.00883. The summed E-state index contributed by atoms with van der Waals surface area (Å²) in [6.07, 6.45) is 6.63. The molecule has 2 amide bonds. The second-order valence-electron chi connectivity index (χ2n) is 12.3. The Hall–Kier alpha value is -3.06. The van der Waals surface area contributed by atoms with Crippen LogP contribution in [0.25, 0.3) is 10.9 Å². The molecule has 0 N–H and O–H groups in total. The molecule has 244 valence electrons. The van der Waals surface area contributed by atoms with Gasteiger partial charge in [0.15, 0.2) is 11.5 Å². The van der Waals surface area contributed by atoms with E-state index in [0.29, 0.717) is 43.1 Å². The van der Waals surface area contributed by atoms with Gasteiger partial charge in [-0.1, -0.05) is 6.42 Å². The lowest BCUT2D eigenvalue weighted by Crippen LogP contribution is -2.54. The molecular weight excluding hydrogens is 683 g/mol. The highest BCUT2D eigenvalue weighted by Gasteiger charge is 2.29. The highest BCUT2D eigenvalue weighted by molar-refractivity contribution is 14.1. The fourth-order valence-electron chi connectivity index (χ4n) is 6.09. The fraction of sp³-hybridized carbons (Fsp3) is 0.559. The minimum atomic E-state index is 0.00883. The summed E-state index contributed by atoms with van der Waals surface area (Å²) in [5, 5.41) is 0.922. The van der Waals surface area contributed by atoms with Crippen LogP contribution in [0.3, 0.4) is 0 Å². The topological polar surface area (TPSA) is 83.5 Å². The maximum absolute atomic E-state index is 13.8. The quantitative estimate of drug-likeness (QED) is 0.117. The summed E-state index contributed by atoms with van der Waals surface area (Å²) in [7, 11) is 0. The van der Waals surface area contributed by atoms with E-state index in [9.17, 15) is 4.79 Å². The van der Waals surface area contributed by atoms with Crippen LogP contribution < -0.4 is 24.0 Å². The summed E-state index contributed by atoms with van der Waals surface area (Å²) in [4.78, 5) is 31.6. The maximum atomic E-state index is 13.8. The molecule has 0 atom stereocenters. The lowest BCUT2D eigenvalue weighted by molar-refractivity contribution is 0.199. The first-order chi connectivity index (χ1) is 21.8. The van der Waals surface area contributed by atoms with Gasteiger partial charge in [0.05, 0.1) is 18.2 Å². The molecule has 10 nitrogen and oxygen atoms in total. The number of urea groups is 1. The van der Waals surface area contributed by atoms with E-state index in [0.717, 1.165) is 46.9 Å². The summed E-state index contributed by atoms with van der Waals surface area (Å²) >= 11 is 2.21. The van der Waals surface area contributed by atoms with E-state index >= 15 is 0 Å². The predicted molar refractivity (Wildman–Crippen MR) is 188 cm³/mol. The van der Waals surface area contributed by atoms with Crippen LogP contribution in [0.1, 0.15) is 53.4 Å². The number of piperidine rings is 1. The van der Waals surface area contributed by atoms with E-state index in [1.807, 2.05) is 73.9 Å². The van der Waals surface area contributed by atoms with Crippen LogP contribution in [0.15, 0.2) is 42.7 Å². The molecule has 2 fully saturated rings. The molecule has 0 spiro atoms. The van der Waals surface area contributed by atoms with E-state index in [1.165, 1.54) is 32.4 Å². The van der Waals surface area contributed by atoms with Gasteiger partial charge < -0.3 is 28.9 Å². The number of halogens is 1. The number of nitrogens with zero attached hydrogens (tertiary/aromatic N) is 6. The summed E-state index contributed by atoms with van der Waals surface area (Å²) in [5.74, 6) is 3.07. The molecule has 2 aliphatic rings. The second kappa shape index (κ2) is 16.0. The zero-order chi connectivity index (χ0) is 31.8. The number of rotatable bonds is 12. The number of piperazine rings is 1. The van der Waals surface area contributed by atoms with Gasteiger partial charge in [0.25, 0.3) is 0 Å². The number of likely N-dealkylation sites (tertiary alicyclic amines) is 1. The van der Waals surface area contributed by atoms with Crippen LogP contribution >= 0.6 is 22.6 Å². The Morgan fingerprint density at radius 1 is 0.911 bits per heavy atom. The third-order valence-corrected chi connectivity index (χ3v) is 8.59. The normalized spacial score (nSPS) is 16.0. The summed E-state index contributed by atoms with van der Waals surface area (Å²) in [6, 6.07) is 11.8. The number of anilines is 2. The van der Waals surface area contributed by atoms with Gasteiger partial charge in [-0.05, 0) is 113 Å². The van der Waals surface area contributed by atoms with Crippen LogP contribution in [0, 0.1) is 0 Å². The number of hydrogen-bond donors (Lipinski definition) is 0. The zero-order valence-electron chi connectivity index (χ0n) is 27.1. The number of carbonyl (C=O) groups excluding carboxylic acids is 1. The van der Waals surface area contributed by atoms with Crippen LogP contribution in [0.5, 0.6) is 17.2 Å². The molecule has 0 radical (unpaired) electrons. The van der Waals surface area contributed by atoms with E-state index in [1.54, 1.807) is 6.33 Å². The third kappa shape index (κ3) is 8.60. The molecule has 0 saturated carbocycles. The van der Waals surface area contributed by atoms with Crippen molar-refractivity contribution in [2.24, 2.45) is 0 Å². The van der Waals surface area contributed by atoms with Gasteiger partial charge in [0.1, 0.15) is 22.5 Å². The van der Waals surface area contributed by atoms with Crippen molar-refractivity contribution in [3.63, 3.8) is 0 Å². The van der Waals surface area contributed by atoms with Crippen molar-refractivity contribution in [3.8, 4) is 17.2 Å². The van der Waals surface area contributed by atoms with Crippen LogP contribution in [0.2, 0.25) is 0 Å². The largest absolute Gasteiger partial charge is 0.491 e. The second-order valence-corrected chi connectivity index (χ2v) is 12.9. The standard InChI is InChI=1S/C34H47IN6O4/c1-25(2)41(27-9-11-28(12-10-27)45-26(3)4)34(42)40-18-16-39(17-19-40)33-29-21-31(44-23-35)32(22-30(29)36-24-37-33)43-20-8-15-38-13-6-5-7-14-38/h9-12,21-22,24-26H,5-8,13-20,23H2,1-4H3. The lowest BCUT2D eigenvalue weighted by atomic mass is 10.1. The molecule has 3 heterocycles. The number of carbonyl (C=O) groups is 1. The van der Waals surface area contributed by atoms with Crippen LogP contribution in [-0.4, -0.2) is 95.0 Å². The van der Waals surface area contributed by atoms with Gasteiger partial charge in [-0.15, -0.1) is 0 Å². The van der Waals surface area contributed by atoms with Crippen molar-refractivity contribution in [1.82, 2.24) is 19.8 Å². The van der Waals surface area contributed by atoms with Crippen molar-refractivity contribution < 1.29 is 19.0 Å². The number of alkyl halides is 1. The number of amides is 2. The van der Waals surface area contributed by atoms with Crippen molar-refractivity contribution in [3.05, 3.63) is 42.7 Å². The zero-order valence-corrected chi connectivity index (χ0v) is 29.2. The number of hydrogen-bond acceptors (Lipinski definition) is 8. The van der Waals surface area contributed by atoms with Gasteiger partial charge in [-0.3, -0.25) is 4.90 Å². The highest BCUT2D eigenvalue weighted by atomic mass is 127. The molecule has 3 aromatic rings. The van der Waals surface area contributed by atoms with Gasteiger partial charge in [-0.2, -0.15) is 0 Å². The average Bonchev–Trinajstić information content (AvgIpc) is 3.04. The molecule has 0 aliphatic carbocycles. The van der Waals surface area contributed by atoms with Crippen molar-refractivity contribution in [1.29, 1.82) is 0 Å². The Bertz CT molecular complexity index is 1390. The van der Waals surface area contributed by atoms with E-state index < -0.39 is 0 Å². The Morgan fingerprint density at radius 3 is 2.29 bits per heavy atom. The Labute approximate surface area is 281 Å². The summed E-state index contributed by atoms with van der Waals surface area (Å²) in [6.45, 7) is 14.7. The van der Waals surface area contributed by atoms with Gasteiger partial charge in [-0.25, -0.2) is 14.8 Å². The number of ether oxygens (including phenoxy) is 3.